The molecular formula is C11H24O. The van der Waals surface area contributed by atoms with Gasteiger partial charge in [-0.2, -0.15) is 0 Å². The van der Waals surface area contributed by atoms with E-state index in [0.29, 0.717) is 12.0 Å². The topological polar surface area (TPSA) is 9.23 Å². The second-order valence-electron chi connectivity index (χ2n) is 3.50. The fourth-order valence-electron chi connectivity index (χ4n) is 1.47. The predicted octanol–water partition coefficient (Wildman–Crippen LogP) is 3.63. The smallest absolute Gasteiger partial charge is 0.0598 e. The first-order valence-corrected chi connectivity index (χ1v) is 5.42. The van der Waals surface area contributed by atoms with Gasteiger partial charge in [0.05, 0.1) is 6.10 Å². The third kappa shape index (κ3) is 4.76. The molecule has 1 nitrogen and oxygen atoms in total. The Morgan fingerprint density at radius 1 is 1.08 bits per heavy atom. The molecule has 1 saturated heterocycles. The van der Waals surface area contributed by atoms with Crippen LogP contribution in [0.15, 0.2) is 0 Å². The summed E-state index contributed by atoms with van der Waals surface area (Å²) < 4.78 is 5.66. The van der Waals surface area contributed by atoms with Crippen molar-refractivity contribution >= 4 is 0 Å². The summed E-state index contributed by atoms with van der Waals surface area (Å²) in [5, 5.41) is 0. The molecule has 74 valence electrons. The van der Waals surface area contributed by atoms with Gasteiger partial charge in [0.15, 0.2) is 0 Å². The monoisotopic (exact) mass is 172 g/mol. The lowest BCUT2D eigenvalue weighted by molar-refractivity contribution is 0.0273. The van der Waals surface area contributed by atoms with Crippen molar-refractivity contribution < 1.29 is 4.74 Å². The highest BCUT2D eigenvalue weighted by atomic mass is 16.5. The highest BCUT2D eigenvalue weighted by Crippen LogP contribution is 2.18. The van der Waals surface area contributed by atoms with E-state index in [9.17, 15) is 0 Å². The Kier molecular flexibility index (Phi) is 7.58. The van der Waals surface area contributed by atoms with Crippen LogP contribution in [-0.2, 0) is 4.74 Å². The van der Waals surface area contributed by atoms with Crippen LogP contribution in [0.2, 0.25) is 0 Å². The van der Waals surface area contributed by atoms with Gasteiger partial charge in [0, 0.05) is 6.61 Å². The number of ether oxygens (including phenoxy) is 1. The largest absolute Gasteiger partial charge is 0.378 e. The van der Waals surface area contributed by atoms with Crippen molar-refractivity contribution in [2.24, 2.45) is 5.92 Å². The van der Waals surface area contributed by atoms with Gasteiger partial charge in [0.1, 0.15) is 0 Å². The molecule has 0 spiro atoms. The normalized spacial score (nSPS) is 24.2. The lowest BCUT2D eigenvalue weighted by atomic mass is 10.0. The molecule has 0 saturated carbocycles. The Bertz CT molecular complexity index is 81.0. The molecule has 0 aromatic rings. The summed E-state index contributed by atoms with van der Waals surface area (Å²) in [6.45, 7) is 9.48. The molecule has 1 atom stereocenters. The summed E-state index contributed by atoms with van der Waals surface area (Å²) in [7, 11) is 0. The summed E-state index contributed by atoms with van der Waals surface area (Å²) in [6.07, 6.45) is 5.81. The van der Waals surface area contributed by atoms with Crippen molar-refractivity contribution in [3.8, 4) is 0 Å². The zero-order valence-corrected chi connectivity index (χ0v) is 9.10. The molecule has 1 rings (SSSR count). The van der Waals surface area contributed by atoms with Crippen molar-refractivity contribution in [3.05, 3.63) is 0 Å². The van der Waals surface area contributed by atoms with E-state index in [1.54, 1.807) is 0 Å². The van der Waals surface area contributed by atoms with E-state index in [1.807, 2.05) is 13.8 Å². The minimum Gasteiger partial charge on any atom is -0.378 e. The number of hydrogen-bond acceptors (Lipinski definition) is 1. The summed E-state index contributed by atoms with van der Waals surface area (Å²) in [4.78, 5) is 0. The first-order chi connectivity index (χ1) is 5.80. The van der Waals surface area contributed by atoms with E-state index in [0.717, 1.165) is 6.61 Å². The second kappa shape index (κ2) is 7.60. The average Bonchev–Trinajstić information content (AvgIpc) is 2.35. The van der Waals surface area contributed by atoms with E-state index >= 15 is 0 Å². The van der Waals surface area contributed by atoms with E-state index in [2.05, 4.69) is 13.8 Å². The van der Waals surface area contributed by atoms with Crippen LogP contribution in [0.25, 0.3) is 0 Å². The van der Waals surface area contributed by atoms with Crippen LogP contribution in [0, 0.1) is 5.92 Å². The van der Waals surface area contributed by atoms with Gasteiger partial charge in [-0.3, -0.25) is 0 Å². The van der Waals surface area contributed by atoms with Crippen LogP contribution >= 0.6 is 0 Å². The Morgan fingerprint density at radius 3 is 2.33 bits per heavy atom. The summed E-state index contributed by atoms with van der Waals surface area (Å²) in [5.41, 5.74) is 0. The molecule has 1 unspecified atom stereocenters. The fraction of sp³-hybridized carbons (Fsp3) is 1.00. The molecule has 0 aliphatic carbocycles. The van der Waals surface area contributed by atoms with E-state index in [-0.39, 0.29) is 0 Å². The molecule has 0 aromatic heterocycles. The van der Waals surface area contributed by atoms with Crippen molar-refractivity contribution in [2.45, 2.75) is 59.5 Å². The second-order valence-corrected chi connectivity index (χ2v) is 3.50. The van der Waals surface area contributed by atoms with Gasteiger partial charge in [-0.05, 0) is 18.8 Å². The van der Waals surface area contributed by atoms with E-state index in [4.69, 9.17) is 4.74 Å². The van der Waals surface area contributed by atoms with Crippen LogP contribution in [0.3, 0.4) is 0 Å². The van der Waals surface area contributed by atoms with Crippen LogP contribution in [0.5, 0.6) is 0 Å². The summed E-state index contributed by atoms with van der Waals surface area (Å²) in [5.74, 6) is 0.707. The maximum atomic E-state index is 5.66. The number of rotatable bonds is 1. The molecule has 1 fully saturated rings. The van der Waals surface area contributed by atoms with Gasteiger partial charge in [-0.25, -0.2) is 0 Å². The van der Waals surface area contributed by atoms with Gasteiger partial charge < -0.3 is 4.74 Å². The lowest BCUT2D eigenvalue weighted by Crippen LogP contribution is -2.18. The molecule has 1 aliphatic rings. The standard InChI is InChI=1S/C9H18O.C2H6/c1-8(2)9-6-4-3-5-7-10-9;1-2/h8-9H,3-7H2,1-2H3;1-2H3. The Hall–Kier alpha value is -0.0400. The lowest BCUT2D eigenvalue weighted by Gasteiger charge is -2.18. The third-order valence-electron chi connectivity index (χ3n) is 2.21. The van der Waals surface area contributed by atoms with Gasteiger partial charge in [0.2, 0.25) is 0 Å². The molecule has 0 aromatic carbocycles. The quantitative estimate of drug-likeness (QED) is 0.587. The minimum absolute atomic E-state index is 0.544. The van der Waals surface area contributed by atoms with Crippen molar-refractivity contribution in [3.63, 3.8) is 0 Å². The molecule has 1 heterocycles. The molecular weight excluding hydrogens is 148 g/mol. The molecule has 1 heteroatoms. The maximum absolute atomic E-state index is 5.66. The average molecular weight is 172 g/mol. The zero-order valence-electron chi connectivity index (χ0n) is 9.10. The van der Waals surface area contributed by atoms with Crippen LogP contribution in [0.4, 0.5) is 0 Å². The molecule has 0 radical (unpaired) electrons. The maximum Gasteiger partial charge on any atom is 0.0598 e. The minimum atomic E-state index is 0.544. The number of hydrogen-bond donors (Lipinski definition) is 0. The van der Waals surface area contributed by atoms with E-state index in [1.165, 1.54) is 25.7 Å². The Morgan fingerprint density at radius 2 is 1.75 bits per heavy atom. The van der Waals surface area contributed by atoms with Crippen molar-refractivity contribution in [2.75, 3.05) is 6.61 Å². The molecule has 0 amide bonds. The molecule has 1 aliphatic heterocycles. The fourth-order valence-corrected chi connectivity index (χ4v) is 1.47. The molecule has 0 bridgehead atoms. The molecule has 12 heavy (non-hydrogen) atoms. The van der Waals surface area contributed by atoms with Crippen molar-refractivity contribution in [1.29, 1.82) is 0 Å². The third-order valence-corrected chi connectivity index (χ3v) is 2.21. The first-order valence-electron chi connectivity index (χ1n) is 5.42. The zero-order chi connectivity index (χ0) is 9.40. The highest BCUT2D eigenvalue weighted by molar-refractivity contribution is 4.65. The van der Waals surface area contributed by atoms with Gasteiger partial charge in [0.25, 0.3) is 0 Å². The van der Waals surface area contributed by atoms with Crippen molar-refractivity contribution in [1.82, 2.24) is 0 Å². The highest BCUT2D eigenvalue weighted by Gasteiger charge is 2.15. The van der Waals surface area contributed by atoms with E-state index < -0.39 is 0 Å². The van der Waals surface area contributed by atoms with Crippen LogP contribution in [0.1, 0.15) is 53.4 Å². The Labute approximate surface area is 77.5 Å². The van der Waals surface area contributed by atoms with Crippen LogP contribution < -0.4 is 0 Å². The van der Waals surface area contributed by atoms with Crippen LogP contribution in [-0.4, -0.2) is 12.7 Å². The van der Waals surface area contributed by atoms with Gasteiger partial charge in [-0.15, -0.1) is 0 Å². The Balaban J connectivity index is 0.000000561. The van der Waals surface area contributed by atoms with Gasteiger partial charge >= 0.3 is 0 Å². The SMILES string of the molecule is CC.CC(C)C1CCCCCO1. The summed E-state index contributed by atoms with van der Waals surface area (Å²) in [6, 6.07) is 0. The predicted molar refractivity (Wildman–Crippen MR) is 54.4 cm³/mol. The van der Waals surface area contributed by atoms with Gasteiger partial charge in [-0.1, -0.05) is 40.5 Å². The first kappa shape index (κ1) is 12.0. The summed E-state index contributed by atoms with van der Waals surface area (Å²) >= 11 is 0. The molecule has 0 N–H and O–H groups in total.